The maximum absolute atomic E-state index is 12.2. The van der Waals surface area contributed by atoms with Gasteiger partial charge in [0.15, 0.2) is 0 Å². The van der Waals surface area contributed by atoms with Crippen molar-refractivity contribution in [2.75, 3.05) is 0 Å². The average molecular weight is 278 g/mol. The minimum atomic E-state index is -0.846. The van der Waals surface area contributed by atoms with Gasteiger partial charge in [0.25, 0.3) is 0 Å². The van der Waals surface area contributed by atoms with Crippen LogP contribution in [0.1, 0.15) is 31.7 Å². The van der Waals surface area contributed by atoms with E-state index in [-0.39, 0.29) is 11.8 Å². The predicted molar refractivity (Wildman–Crippen MR) is 74.9 cm³/mol. The summed E-state index contributed by atoms with van der Waals surface area (Å²) in [5.41, 5.74) is 1.03. The molecule has 0 saturated heterocycles. The number of hydrogen-bond acceptors (Lipinski definition) is 2. The number of carboxylic acid groups (broad SMARTS) is 1. The molecule has 0 bridgehead atoms. The van der Waals surface area contributed by atoms with Crippen LogP contribution >= 0.6 is 0 Å². The van der Waals surface area contributed by atoms with Gasteiger partial charge < -0.3 is 15.0 Å². The number of hydrogen-bond donors (Lipinski definition) is 2. The number of nitrogens with zero attached hydrogens (tertiary/aromatic N) is 1. The molecule has 1 aliphatic rings. The fourth-order valence-corrected chi connectivity index (χ4v) is 3.02. The van der Waals surface area contributed by atoms with Crippen LogP contribution in [0.5, 0.6) is 0 Å². The lowest BCUT2D eigenvalue weighted by atomic mass is 9.95. The highest BCUT2D eigenvalue weighted by molar-refractivity contribution is 5.85. The van der Waals surface area contributed by atoms with E-state index < -0.39 is 11.9 Å². The molecule has 5 nitrogen and oxygen atoms in total. The summed E-state index contributed by atoms with van der Waals surface area (Å²) in [5, 5.41) is 12.1. The summed E-state index contributed by atoms with van der Waals surface area (Å²) in [4.78, 5) is 23.5. The first-order valence-corrected chi connectivity index (χ1v) is 7.12. The van der Waals surface area contributed by atoms with Gasteiger partial charge in [-0.3, -0.25) is 9.59 Å². The van der Waals surface area contributed by atoms with E-state index in [2.05, 4.69) is 5.32 Å². The van der Waals surface area contributed by atoms with Gasteiger partial charge in [-0.25, -0.2) is 0 Å². The number of aromatic nitrogens is 1. The molecule has 1 unspecified atom stereocenters. The molecule has 1 amide bonds. The normalized spacial score (nSPS) is 25.6. The molecule has 1 aromatic heterocycles. The van der Waals surface area contributed by atoms with Crippen molar-refractivity contribution in [2.45, 2.75) is 32.7 Å². The Bertz CT molecular complexity index is 495. The molecule has 1 fully saturated rings. The molecule has 5 heteroatoms. The van der Waals surface area contributed by atoms with E-state index in [1.165, 1.54) is 0 Å². The second kappa shape index (κ2) is 6.11. The van der Waals surface area contributed by atoms with Crippen LogP contribution in [0.2, 0.25) is 0 Å². The first-order chi connectivity index (χ1) is 9.51. The van der Waals surface area contributed by atoms with Crippen molar-refractivity contribution in [2.24, 2.45) is 24.8 Å². The Morgan fingerprint density at radius 2 is 2.10 bits per heavy atom. The molecule has 2 N–H and O–H groups in total. The second-order valence-electron chi connectivity index (χ2n) is 5.70. The zero-order valence-corrected chi connectivity index (χ0v) is 12.0. The number of aliphatic carboxylic acids is 1. The zero-order valence-electron chi connectivity index (χ0n) is 12.0. The average Bonchev–Trinajstić information content (AvgIpc) is 3.02. The third-order valence-electron chi connectivity index (χ3n) is 4.25. The van der Waals surface area contributed by atoms with Crippen LogP contribution in [-0.4, -0.2) is 21.6 Å². The van der Waals surface area contributed by atoms with Crippen molar-refractivity contribution in [1.29, 1.82) is 0 Å². The maximum Gasteiger partial charge on any atom is 0.307 e. The quantitative estimate of drug-likeness (QED) is 0.862. The SMILES string of the molecule is CCC1C[C@H](C(=O)NCc2ccn(C)c2)[C@H](C(=O)O)C1. The zero-order chi connectivity index (χ0) is 14.7. The number of carbonyl (C=O) groups excluding carboxylic acids is 1. The van der Waals surface area contributed by atoms with Gasteiger partial charge in [0, 0.05) is 26.0 Å². The van der Waals surface area contributed by atoms with Crippen molar-refractivity contribution < 1.29 is 14.7 Å². The van der Waals surface area contributed by atoms with Gasteiger partial charge in [-0.1, -0.05) is 13.3 Å². The van der Waals surface area contributed by atoms with Gasteiger partial charge in [-0.15, -0.1) is 0 Å². The molecule has 1 saturated carbocycles. The monoisotopic (exact) mass is 278 g/mol. The van der Waals surface area contributed by atoms with Crippen LogP contribution in [0.15, 0.2) is 18.5 Å². The van der Waals surface area contributed by atoms with E-state index in [0.29, 0.717) is 25.3 Å². The molecule has 0 aromatic carbocycles. The Hall–Kier alpha value is -1.78. The van der Waals surface area contributed by atoms with Crippen molar-refractivity contribution in [3.8, 4) is 0 Å². The number of amides is 1. The van der Waals surface area contributed by atoms with E-state index in [9.17, 15) is 14.7 Å². The summed E-state index contributed by atoms with van der Waals surface area (Å²) in [6, 6.07) is 1.94. The first-order valence-electron chi connectivity index (χ1n) is 7.12. The molecule has 3 atom stereocenters. The smallest absolute Gasteiger partial charge is 0.307 e. The minimum absolute atomic E-state index is 0.128. The maximum atomic E-state index is 12.2. The largest absolute Gasteiger partial charge is 0.481 e. The van der Waals surface area contributed by atoms with Crippen LogP contribution in [0.25, 0.3) is 0 Å². The van der Waals surface area contributed by atoms with Gasteiger partial charge in [0.2, 0.25) is 5.91 Å². The summed E-state index contributed by atoms with van der Waals surface area (Å²) in [7, 11) is 1.93. The summed E-state index contributed by atoms with van der Waals surface area (Å²) < 4.78 is 1.92. The third kappa shape index (κ3) is 3.21. The second-order valence-corrected chi connectivity index (χ2v) is 5.70. The first kappa shape index (κ1) is 14.6. The summed E-state index contributed by atoms with van der Waals surface area (Å²) >= 11 is 0. The lowest BCUT2D eigenvalue weighted by molar-refractivity contribution is -0.146. The summed E-state index contributed by atoms with van der Waals surface area (Å²) in [6.07, 6.45) is 6.11. The van der Waals surface area contributed by atoms with E-state index in [0.717, 1.165) is 12.0 Å². The molecule has 2 rings (SSSR count). The number of carbonyl (C=O) groups is 2. The van der Waals surface area contributed by atoms with Crippen LogP contribution in [0, 0.1) is 17.8 Å². The molecule has 0 aliphatic heterocycles. The number of nitrogens with one attached hydrogen (secondary N) is 1. The van der Waals surface area contributed by atoms with Crippen molar-refractivity contribution >= 4 is 11.9 Å². The topological polar surface area (TPSA) is 71.3 Å². The van der Waals surface area contributed by atoms with Crippen molar-refractivity contribution in [3.05, 3.63) is 24.0 Å². The molecular formula is C15H22N2O3. The van der Waals surface area contributed by atoms with Crippen LogP contribution < -0.4 is 5.32 Å². The molecule has 20 heavy (non-hydrogen) atoms. The van der Waals surface area contributed by atoms with Gasteiger partial charge in [0.05, 0.1) is 11.8 Å². The third-order valence-corrected chi connectivity index (χ3v) is 4.25. The fraction of sp³-hybridized carbons (Fsp3) is 0.600. The molecular weight excluding hydrogens is 256 g/mol. The number of aryl methyl sites for hydroxylation is 1. The molecule has 0 spiro atoms. The van der Waals surface area contributed by atoms with Gasteiger partial charge in [-0.05, 0) is 30.4 Å². The van der Waals surface area contributed by atoms with E-state index in [1.54, 1.807) is 0 Å². The Morgan fingerprint density at radius 1 is 1.40 bits per heavy atom. The van der Waals surface area contributed by atoms with Gasteiger partial charge in [-0.2, -0.15) is 0 Å². The fourth-order valence-electron chi connectivity index (χ4n) is 3.02. The highest BCUT2D eigenvalue weighted by Gasteiger charge is 2.41. The Labute approximate surface area is 119 Å². The molecule has 110 valence electrons. The summed E-state index contributed by atoms with van der Waals surface area (Å²) in [6.45, 7) is 2.51. The van der Waals surface area contributed by atoms with Gasteiger partial charge in [0.1, 0.15) is 0 Å². The lowest BCUT2D eigenvalue weighted by Crippen LogP contribution is -2.34. The van der Waals surface area contributed by atoms with E-state index in [1.807, 2.05) is 37.0 Å². The van der Waals surface area contributed by atoms with E-state index >= 15 is 0 Å². The standard InChI is InChI=1S/C15H22N2O3/c1-3-10-6-12(13(7-10)15(19)20)14(18)16-8-11-4-5-17(2)9-11/h4-5,9-10,12-13H,3,6-8H2,1-2H3,(H,16,18)(H,19,20)/t10?,12-,13+/m0/s1. The molecule has 0 radical (unpaired) electrons. The van der Waals surface area contributed by atoms with Crippen LogP contribution in [0.3, 0.4) is 0 Å². The lowest BCUT2D eigenvalue weighted by Gasteiger charge is -2.15. The van der Waals surface area contributed by atoms with Crippen LogP contribution in [-0.2, 0) is 23.2 Å². The Kier molecular flexibility index (Phi) is 4.47. The van der Waals surface area contributed by atoms with Crippen LogP contribution in [0.4, 0.5) is 0 Å². The van der Waals surface area contributed by atoms with Crippen molar-refractivity contribution in [3.63, 3.8) is 0 Å². The highest BCUT2D eigenvalue weighted by Crippen LogP contribution is 2.38. The molecule has 1 heterocycles. The minimum Gasteiger partial charge on any atom is -0.481 e. The van der Waals surface area contributed by atoms with Gasteiger partial charge >= 0.3 is 5.97 Å². The van der Waals surface area contributed by atoms with Crippen molar-refractivity contribution in [1.82, 2.24) is 9.88 Å². The molecule has 1 aliphatic carbocycles. The Balaban J connectivity index is 1.95. The molecule has 1 aromatic rings. The predicted octanol–water partition coefficient (Wildman–Crippen LogP) is 1.78. The Morgan fingerprint density at radius 3 is 2.65 bits per heavy atom. The highest BCUT2D eigenvalue weighted by atomic mass is 16.4. The number of rotatable bonds is 5. The summed E-state index contributed by atoms with van der Waals surface area (Å²) in [5.74, 6) is -1.54. The van der Waals surface area contributed by atoms with E-state index in [4.69, 9.17) is 0 Å². The number of carboxylic acids is 1.